The number of aliphatic hydroxyl groups is 1. The third-order valence-corrected chi connectivity index (χ3v) is 4.86. The van der Waals surface area contributed by atoms with Gasteiger partial charge in [-0.05, 0) is 36.8 Å². The molecule has 1 fully saturated rings. The number of aliphatic hydroxyl groups excluding tert-OH is 1. The molecule has 0 spiro atoms. The van der Waals surface area contributed by atoms with Gasteiger partial charge in [0.25, 0.3) is 0 Å². The number of nitrogens with zero attached hydrogens (tertiary/aromatic N) is 4. The number of piperazine rings is 1. The number of benzene rings is 1. The Morgan fingerprint density at radius 2 is 1.93 bits per heavy atom. The highest BCUT2D eigenvalue weighted by Crippen LogP contribution is 2.31. The lowest BCUT2D eigenvalue weighted by Gasteiger charge is -2.41. The van der Waals surface area contributed by atoms with E-state index in [1.165, 1.54) is 30.6 Å². The first-order valence-corrected chi connectivity index (χ1v) is 9.37. The molecular formula is C20H22F3N5O2. The second-order valence-corrected chi connectivity index (χ2v) is 6.78. The van der Waals surface area contributed by atoms with Gasteiger partial charge in [-0.3, -0.25) is 4.79 Å². The van der Waals surface area contributed by atoms with E-state index in [1.807, 2.05) is 4.90 Å². The fourth-order valence-electron chi connectivity index (χ4n) is 3.38. The standard InChI is InChI=1S/C20H22F3N5O2/c1-2-17(30)28-11-10-27(13-16(28)7-12-29)19-18(24-8-9-25-19)26-15-5-3-14(4-6-15)20(21,22)23/h2-6,8-9,16,29H,1,7,10-13H2,(H,24,26)/t16-/m0/s1. The highest BCUT2D eigenvalue weighted by molar-refractivity contribution is 5.87. The number of rotatable bonds is 6. The molecule has 0 unspecified atom stereocenters. The van der Waals surface area contributed by atoms with Crippen LogP contribution in [0.3, 0.4) is 0 Å². The van der Waals surface area contributed by atoms with E-state index >= 15 is 0 Å². The number of carbonyl (C=O) groups excluding carboxylic acids is 1. The maximum absolute atomic E-state index is 12.8. The lowest BCUT2D eigenvalue weighted by atomic mass is 10.1. The molecule has 1 aromatic heterocycles. The van der Waals surface area contributed by atoms with Gasteiger partial charge in [0.05, 0.1) is 11.6 Å². The third kappa shape index (κ3) is 4.88. The molecule has 1 aromatic carbocycles. The molecule has 0 bridgehead atoms. The molecule has 2 aromatic rings. The predicted molar refractivity (Wildman–Crippen MR) is 106 cm³/mol. The van der Waals surface area contributed by atoms with Crippen LogP contribution in [0.1, 0.15) is 12.0 Å². The van der Waals surface area contributed by atoms with Crippen LogP contribution in [0.15, 0.2) is 49.3 Å². The monoisotopic (exact) mass is 421 g/mol. The Labute approximate surface area is 171 Å². The van der Waals surface area contributed by atoms with Crippen LogP contribution in [0.25, 0.3) is 0 Å². The van der Waals surface area contributed by atoms with E-state index in [0.29, 0.717) is 43.4 Å². The topological polar surface area (TPSA) is 81.6 Å². The van der Waals surface area contributed by atoms with E-state index in [0.717, 1.165) is 12.1 Å². The summed E-state index contributed by atoms with van der Waals surface area (Å²) in [6.07, 6.45) is 0.257. The minimum absolute atomic E-state index is 0.0729. The Balaban J connectivity index is 1.79. The molecule has 10 heteroatoms. The van der Waals surface area contributed by atoms with Crippen molar-refractivity contribution in [3.8, 4) is 0 Å². The van der Waals surface area contributed by atoms with E-state index in [4.69, 9.17) is 0 Å². The summed E-state index contributed by atoms with van der Waals surface area (Å²) < 4.78 is 38.3. The Hall–Kier alpha value is -3.14. The quantitative estimate of drug-likeness (QED) is 0.699. The van der Waals surface area contributed by atoms with Crippen molar-refractivity contribution in [1.82, 2.24) is 14.9 Å². The molecule has 2 heterocycles. The molecule has 0 aliphatic carbocycles. The van der Waals surface area contributed by atoms with Gasteiger partial charge in [-0.1, -0.05) is 6.58 Å². The van der Waals surface area contributed by atoms with E-state index in [2.05, 4.69) is 21.9 Å². The Morgan fingerprint density at radius 1 is 1.23 bits per heavy atom. The van der Waals surface area contributed by atoms with Crippen LogP contribution in [0.2, 0.25) is 0 Å². The fraction of sp³-hybridized carbons (Fsp3) is 0.350. The van der Waals surface area contributed by atoms with Crippen molar-refractivity contribution in [2.45, 2.75) is 18.6 Å². The molecule has 160 valence electrons. The molecule has 1 aliphatic heterocycles. The van der Waals surface area contributed by atoms with Gasteiger partial charge >= 0.3 is 6.18 Å². The molecule has 7 nitrogen and oxygen atoms in total. The molecule has 1 amide bonds. The Bertz CT molecular complexity index is 889. The summed E-state index contributed by atoms with van der Waals surface area (Å²) in [5.74, 6) is 0.713. The third-order valence-electron chi connectivity index (χ3n) is 4.86. The maximum atomic E-state index is 12.8. The van der Waals surface area contributed by atoms with Crippen molar-refractivity contribution in [3.63, 3.8) is 0 Å². The van der Waals surface area contributed by atoms with Crippen molar-refractivity contribution in [1.29, 1.82) is 0 Å². The molecule has 1 saturated heterocycles. The summed E-state index contributed by atoms with van der Waals surface area (Å²) >= 11 is 0. The molecule has 30 heavy (non-hydrogen) atoms. The SMILES string of the molecule is C=CC(=O)N1CCN(c2nccnc2Nc2ccc(C(F)(F)F)cc2)C[C@@H]1CCO. The minimum Gasteiger partial charge on any atom is -0.396 e. The first kappa shape index (κ1) is 21.6. The smallest absolute Gasteiger partial charge is 0.396 e. The van der Waals surface area contributed by atoms with Gasteiger partial charge in [0.1, 0.15) is 0 Å². The van der Waals surface area contributed by atoms with Crippen molar-refractivity contribution in [2.24, 2.45) is 0 Å². The van der Waals surface area contributed by atoms with Gasteiger partial charge in [0, 0.05) is 44.3 Å². The van der Waals surface area contributed by atoms with E-state index in [1.54, 1.807) is 4.90 Å². The lowest BCUT2D eigenvalue weighted by Crippen LogP contribution is -2.55. The number of halogens is 3. The number of hydrogen-bond acceptors (Lipinski definition) is 6. The Morgan fingerprint density at radius 3 is 2.57 bits per heavy atom. The van der Waals surface area contributed by atoms with Gasteiger partial charge in [0.2, 0.25) is 5.91 Å². The largest absolute Gasteiger partial charge is 0.416 e. The summed E-state index contributed by atoms with van der Waals surface area (Å²) in [4.78, 5) is 24.3. The second-order valence-electron chi connectivity index (χ2n) is 6.78. The Kier molecular flexibility index (Phi) is 6.56. The van der Waals surface area contributed by atoms with Crippen LogP contribution in [0.4, 0.5) is 30.5 Å². The van der Waals surface area contributed by atoms with Gasteiger partial charge in [-0.15, -0.1) is 0 Å². The van der Waals surface area contributed by atoms with Crippen LogP contribution in [0, 0.1) is 0 Å². The summed E-state index contributed by atoms with van der Waals surface area (Å²) in [5.41, 5.74) is -0.292. The van der Waals surface area contributed by atoms with E-state index < -0.39 is 11.7 Å². The molecule has 1 atom stereocenters. The normalized spacial score (nSPS) is 17.0. The number of carbonyl (C=O) groups is 1. The van der Waals surface area contributed by atoms with Crippen LogP contribution < -0.4 is 10.2 Å². The number of hydrogen-bond donors (Lipinski definition) is 2. The highest BCUT2D eigenvalue weighted by atomic mass is 19.4. The van der Waals surface area contributed by atoms with Gasteiger partial charge < -0.3 is 20.2 Å². The zero-order valence-electron chi connectivity index (χ0n) is 16.1. The average molecular weight is 421 g/mol. The van der Waals surface area contributed by atoms with Crippen molar-refractivity contribution in [2.75, 3.05) is 36.5 Å². The number of anilines is 3. The van der Waals surface area contributed by atoms with Crippen LogP contribution in [-0.2, 0) is 11.0 Å². The molecule has 0 radical (unpaired) electrons. The highest BCUT2D eigenvalue weighted by Gasteiger charge is 2.31. The van der Waals surface area contributed by atoms with E-state index in [9.17, 15) is 23.1 Å². The summed E-state index contributed by atoms with van der Waals surface area (Å²) in [6.45, 7) is 4.79. The van der Waals surface area contributed by atoms with Gasteiger partial charge in [-0.2, -0.15) is 13.2 Å². The fourth-order valence-corrected chi connectivity index (χ4v) is 3.38. The number of alkyl halides is 3. The average Bonchev–Trinajstić information content (AvgIpc) is 2.73. The van der Waals surface area contributed by atoms with Crippen molar-refractivity contribution < 1.29 is 23.1 Å². The molecule has 2 N–H and O–H groups in total. The molecule has 0 saturated carbocycles. The summed E-state index contributed by atoms with van der Waals surface area (Å²) in [7, 11) is 0. The second kappa shape index (κ2) is 9.12. The van der Waals surface area contributed by atoms with E-state index in [-0.39, 0.29) is 18.6 Å². The number of amides is 1. The maximum Gasteiger partial charge on any atom is 0.416 e. The van der Waals surface area contributed by atoms with Gasteiger partial charge in [0.15, 0.2) is 11.6 Å². The summed E-state index contributed by atoms with van der Waals surface area (Å²) in [5, 5.41) is 12.4. The van der Waals surface area contributed by atoms with Crippen LogP contribution in [-0.4, -0.2) is 58.2 Å². The molecule has 1 aliphatic rings. The van der Waals surface area contributed by atoms with Crippen molar-refractivity contribution >= 4 is 23.2 Å². The first-order chi connectivity index (χ1) is 14.3. The predicted octanol–water partition coefficient (Wildman–Crippen LogP) is 2.82. The molecular weight excluding hydrogens is 399 g/mol. The van der Waals surface area contributed by atoms with Crippen LogP contribution >= 0.6 is 0 Å². The first-order valence-electron chi connectivity index (χ1n) is 9.37. The number of nitrogens with one attached hydrogen (secondary N) is 1. The van der Waals surface area contributed by atoms with Gasteiger partial charge in [-0.25, -0.2) is 9.97 Å². The lowest BCUT2D eigenvalue weighted by molar-refractivity contribution is -0.137. The minimum atomic E-state index is -4.40. The molecule has 3 rings (SSSR count). The zero-order valence-corrected chi connectivity index (χ0v) is 16.1. The van der Waals surface area contributed by atoms with Crippen molar-refractivity contribution in [3.05, 3.63) is 54.9 Å². The zero-order chi connectivity index (χ0) is 21.7. The number of aromatic nitrogens is 2. The van der Waals surface area contributed by atoms with Crippen LogP contribution in [0.5, 0.6) is 0 Å². The summed E-state index contributed by atoms with van der Waals surface area (Å²) in [6, 6.07) is 4.42.